The Morgan fingerprint density at radius 1 is 0.917 bits per heavy atom. The van der Waals surface area contributed by atoms with Crippen LogP contribution in [0.15, 0.2) is 24.3 Å². The van der Waals surface area contributed by atoms with Crippen molar-refractivity contribution in [1.82, 2.24) is 5.32 Å². The van der Waals surface area contributed by atoms with Crippen LogP contribution in [0.3, 0.4) is 0 Å². The van der Waals surface area contributed by atoms with E-state index in [9.17, 15) is 14.4 Å². The fraction of sp³-hybridized carbons (Fsp3) is 0.667. The van der Waals surface area contributed by atoms with Crippen molar-refractivity contribution in [2.75, 3.05) is 20.3 Å². The van der Waals surface area contributed by atoms with E-state index >= 15 is 0 Å². The molecule has 0 bridgehead atoms. The first-order valence-electron chi connectivity index (χ1n) is 13.1. The van der Waals surface area contributed by atoms with E-state index in [2.05, 4.69) is 5.32 Å². The van der Waals surface area contributed by atoms with Gasteiger partial charge >= 0.3 is 12.1 Å². The van der Waals surface area contributed by atoms with Gasteiger partial charge in [-0.05, 0) is 44.7 Å². The second-order valence-corrected chi connectivity index (χ2v) is 9.29. The van der Waals surface area contributed by atoms with E-state index in [1.165, 1.54) is 25.7 Å². The fourth-order valence-corrected chi connectivity index (χ4v) is 3.90. The molecule has 0 aromatic heterocycles. The van der Waals surface area contributed by atoms with Crippen molar-refractivity contribution >= 4 is 29.6 Å². The predicted molar refractivity (Wildman–Crippen MR) is 141 cm³/mol. The number of carbonyl (C=O) groups excluding carboxylic acids is 3. The lowest BCUT2D eigenvalue weighted by molar-refractivity contribution is -0.144. The monoisotopic (exact) mass is 526 g/mol. The number of nitrogens with two attached hydrogens (primary N) is 1. The zero-order chi connectivity index (χ0) is 26.4. The van der Waals surface area contributed by atoms with Gasteiger partial charge in [0.1, 0.15) is 12.6 Å². The number of ether oxygens (including phenoxy) is 3. The van der Waals surface area contributed by atoms with Crippen LogP contribution in [-0.2, 0) is 30.4 Å². The molecular formula is C27H43ClN2O6. The summed E-state index contributed by atoms with van der Waals surface area (Å²) in [5.74, 6) is -1.07. The van der Waals surface area contributed by atoms with Crippen LogP contribution in [-0.4, -0.2) is 44.3 Å². The van der Waals surface area contributed by atoms with Crippen LogP contribution in [0.25, 0.3) is 0 Å². The topological polar surface area (TPSA) is 117 Å². The summed E-state index contributed by atoms with van der Waals surface area (Å²) >= 11 is 6.04. The minimum absolute atomic E-state index is 0.121. The highest BCUT2D eigenvalue weighted by molar-refractivity contribution is 6.31. The lowest BCUT2D eigenvalue weighted by atomic mass is 10.1. The summed E-state index contributed by atoms with van der Waals surface area (Å²) < 4.78 is 14.9. The first-order valence-corrected chi connectivity index (χ1v) is 13.5. The molecule has 204 valence electrons. The Morgan fingerprint density at radius 2 is 1.56 bits per heavy atom. The Kier molecular flexibility index (Phi) is 18.6. The van der Waals surface area contributed by atoms with Gasteiger partial charge in [-0.3, -0.25) is 4.79 Å². The van der Waals surface area contributed by atoms with Crippen molar-refractivity contribution < 1.29 is 28.6 Å². The van der Waals surface area contributed by atoms with E-state index in [4.69, 9.17) is 31.5 Å². The molecule has 0 unspecified atom stereocenters. The third-order valence-corrected chi connectivity index (χ3v) is 6.17. The smallest absolute Gasteiger partial charge is 0.429 e. The van der Waals surface area contributed by atoms with E-state index in [0.717, 1.165) is 38.7 Å². The van der Waals surface area contributed by atoms with E-state index in [1.807, 2.05) is 0 Å². The summed E-state index contributed by atoms with van der Waals surface area (Å²) in [5, 5.41) is 3.15. The number of carbonyl (C=O) groups is 3. The number of hydrogen-bond donors (Lipinski definition) is 2. The Hall–Kier alpha value is -2.16. The molecule has 0 radical (unpaired) electrons. The summed E-state index contributed by atoms with van der Waals surface area (Å²) in [6, 6.07) is 5.98. The van der Waals surface area contributed by atoms with Crippen molar-refractivity contribution in [3.05, 3.63) is 34.9 Å². The molecule has 9 heteroatoms. The van der Waals surface area contributed by atoms with E-state index in [0.29, 0.717) is 42.8 Å². The molecule has 0 aliphatic heterocycles. The number of methoxy groups -OCH3 is 1. The van der Waals surface area contributed by atoms with Gasteiger partial charge in [-0.2, -0.15) is 0 Å². The Labute approximate surface area is 220 Å². The zero-order valence-corrected chi connectivity index (χ0v) is 22.4. The van der Waals surface area contributed by atoms with Crippen LogP contribution in [0, 0.1) is 0 Å². The maximum absolute atomic E-state index is 12.5. The van der Waals surface area contributed by atoms with Crippen LogP contribution in [0.5, 0.6) is 0 Å². The SMILES string of the molecule is COCCCCCCCCCCCC(=O)N[C@H](CCCCN)C(=O)OC(=O)OCc1ccccc1Cl. The molecule has 0 aliphatic rings. The van der Waals surface area contributed by atoms with E-state index in [1.54, 1.807) is 31.4 Å². The minimum Gasteiger partial charge on any atom is -0.429 e. The molecule has 1 aromatic rings. The maximum atomic E-state index is 12.5. The minimum atomic E-state index is -1.13. The molecule has 0 aliphatic carbocycles. The standard InChI is InChI=1S/C27H43ClN2O6/c1-34-20-14-8-6-4-2-3-5-7-9-18-25(31)30-24(17-12-13-19-29)26(32)36-27(33)35-21-22-15-10-11-16-23(22)28/h10-11,15-16,24H,2-9,12-14,17-21,29H2,1H3,(H,30,31)/t24-/m1/s1. The molecular weight excluding hydrogens is 484 g/mol. The number of hydrogen-bond acceptors (Lipinski definition) is 7. The number of esters is 1. The van der Waals surface area contributed by atoms with Crippen molar-refractivity contribution in [2.45, 2.75) is 96.1 Å². The molecule has 8 nitrogen and oxygen atoms in total. The van der Waals surface area contributed by atoms with Crippen molar-refractivity contribution in [3.8, 4) is 0 Å². The highest BCUT2D eigenvalue weighted by atomic mass is 35.5. The summed E-state index contributed by atoms with van der Waals surface area (Å²) in [7, 11) is 1.73. The van der Waals surface area contributed by atoms with E-state index in [-0.39, 0.29) is 12.5 Å². The summed E-state index contributed by atoms with van der Waals surface area (Å²) in [4.78, 5) is 36.9. The van der Waals surface area contributed by atoms with Crippen LogP contribution < -0.4 is 11.1 Å². The highest BCUT2D eigenvalue weighted by Gasteiger charge is 2.25. The molecule has 1 rings (SSSR count). The van der Waals surface area contributed by atoms with Crippen molar-refractivity contribution in [1.29, 1.82) is 0 Å². The molecule has 0 fully saturated rings. The van der Waals surface area contributed by atoms with Gasteiger partial charge < -0.3 is 25.3 Å². The number of rotatable bonds is 20. The summed E-state index contributed by atoms with van der Waals surface area (Å²) in [5.41, 5.74) is 6.13. The van der Waals surface area contributed by atoms with Crippen LogP contribution in [0.2, 0.25) is 5.02 Å². The van der Waals surface area contributed by atoms with Gasteiger partial charge in [0.05, 0.1) is 0 Å². The van der Waals surface area contributed by atoms with Gasteiger partial charge in [-0.1, -0.05) is 74.7 Å². The number of benzene rings is 1. The average Bonchev–Trinajstić information content (AvgIpc) is 2.86. The lowest BCUT2D eigenvalue weighted by Crippen LogP contribution is -2.42. The third kappa shape index (κ3) is 15.8. The highest BCUT2D eigenvalue weighted by Crippen LogP contribution is 2.16. The molecule has 36 heavy (non-hydrogen) atoms. The molecule has 0 spiro atoms. The Morgan fingerprint density at radius 3 is 2.19 bits per heavy atom. The predicted octanol–water partition coefficient (Wildman–Crippen LogP) is 5.68. The van der Waals surface area contributed by atoms with Gasteiger partial charge in [-0.25, -0.2) is 9.59 Å². The second kappa shape index (κ2) is 21.0. The number of unbranched alkanes of at least 4 members (excludes halogenated alkanes) is 9. The van der Waals surface area contributed by atoms with Gasteiger partial charge in [0.25, 0.3) is 0 Å². The summed E-state index contributed by atoms with van der Waals surface area (Å²) in [6.45, 7) is 1.19. The quantitative estimate of drug-likeness (QED) is 0.127. The van der Waals surface area contributed by atoms with E-state index < -0.39 is 18.2 Å². The van der Waals surface area contributed by atoms with Crippen LogP contribution >= 0.6 is 11.6 Å². The maximum Gasteiger partial charge on any atom is 0.516 e. The molecule has 0 saturated carbocycles. The van der Waals surface area contributed by atoms with Gasteiger partial charge in [0, 0.05) is 30.7 Å². The molecule has 3 N–H and O–H groups in total. The van der Waals surface area contributed by atoms with Crippen molar-refractivity contribution in [2.24, 2.45) is 5.73 Å². The number of halogens is 1. The normalized spacial score (nSPS) is 11.6. The number of nitrogens with one attached hydrogen (secondary N) is 1. The van der Waals surface area contributed by atoms with Crippen molar-refractivity contribution in [3.63, 3.8) is 0 Å². The third-order valence-electron chi connectivity index (χ3n) is 5.81. The average molecular weight is 527 g/mol. The zero-order valence-electron chi connectivity index (χ0n) is 21.6. The Balaban J connectivity index is 2.31. The van der Waals surface area contributed by atoms with Gasteiger partial charge in [0.15, 0.2) is 0 Å². The first kappa shape index (κ1) is 31.9. The molecule has 0 saturated heterocycles. The first-order chi connectivity index (χ1) is 17.5. The molecule has 1 atom stereocenters. The van der Waals surface area contributed by atoms with Crippen LogP contribution in [0.4, 0.5) is 4.79 Å². The van der Waals surface area contributed by atoms with Crippen LogP contribution in [0.1, 0.15) is 89.0 Å². The molecule has 0 heterocycles. The Bertz CT molecular complexity index is 762. The number of amides is 1. The van der Waals surface area contributed by atoms with Gasteiger partial charge in [0.2, 0.25) is 5.91 Å². The lowest BCUT2D eigenvalue weighted by Gasteiger charge is -2.17. The summed E-state index contributed by atoms with van der Waals surface area (Å²) in [6.07, 6.45) is 10.8. The largest absolute Gasteiger partial charge is 0.516 e. The second-order valence-electron chi connectivity index (χ2n) is 8.88. The fourth-order valence-electron chi connectivity index (χ4n) is 3.71. The molecule has 1 aromatic carbocycles. The molecule has 1 amide bonds. The van der Waals surface area contributed by atoms with Gasteiger partial charge in [-0.15, -0.1) is 0 Å².